The third-order valence-corrected chi connectivity index (χ3v) is 4.10. The molecule has 2 unspecified atom stereocenters. The first-order chi connectivity index (χ1) is 12.8. The number of amides is 1. The summed E-state index contributed by atoms with van der Waals surface area (Å²) in [6, 6.07) is 9.73. The maximum atomic E-state index is 13.8. The van der Waals surface area contributed by atoms with Crippen LogP contribution in [0.3, 0.4) is 0 Å². The van der Waals surface area contributed by atoms with E-state index in [4.69, 9.17) is 9.84 Å². The van der Waals surface area contributed by atoms with Gasteiger partial charge < -0.3 is 15.2 Å². The van der Waals surface area contributed by atoms with E-state index in [9.17, 15) is 18.4 Å². The van der Waals surface area contributed by atoms with Crippen molar-refractivity contribution in [3.05, 3.63) is 65.2 Å². The smallest absolute Gasteiger partial charge is 0.341 e. The molecule has 0 heterocycles. The predicted octanol–water partition coefficient (Wildman–Crippen LogP) is 3.80. The maximum absolute atomic E-state index is 13.8. The molecule has 0 bridgehead atoms. The molecule has 0 aliphatic carbocycles. The van der Waals surface area contributed by atoms with Gasteiger partial charge in [-0.2, -0.15) is 0 Å². The van der Waals surface area contributed by atoms with Gasteiger partial charge in [0.2, 0.25) is 5.91 Å². The quantitative estimate of drug-likeness (QED) is 0.734. The summed E-state index contributed by atoms with van der Waals surface area (Å²) < 4.78 is 31.9. The van der Waals surface area contributed by atoms with Gasteiger partial charge in [0.15, 0.2) is 6.61 Å². The highest BCUT2D eigenvalue weighted by atomic mass is 19.1. The molecule has 5 nitrogen and oxygen atoms in total. The first-order valence-electron chi connectivity index (χ1n) is 8.45. The number of halogens is 2. The van der Waals surface area contributed by atoms with Crippen molar-refractivity contribution in [1.82, 2.24) is 5.32 Å². The molecule has 0 aliphatic heterocycles. The number of aliphatic carboxylic acids is 1. The third-order valence-electron chi connectivity index (χ3n) is 4.10. The van der Waals surface area contributed by atoms with Gasteiger partial charge in [-0.15, -0.1) is 0 Å². The highest BCUT2D eigenvalue weighted by molar-refractivity contribution is 5.77. The lowest BCUT2D eigenvalue weighted by Crippen LogP contribution is -2.27. The van der Waals surface area contributed by atoms with Gasteiger partial charge in [0.25, 0.3) is 0 Å². The summed E-state index contributed by atoms with van der Waals surface area (Å²) in [5.41, 5.74) is 1.10. The number of carbonyl (C=O) groups is 2. The highest BCUT2D eigenvalue weighted by Gasteiger charge is 2.17. The molecule has 2 aromatic carbocycles. The Bertz CT molecular complexity index is 808. The highest BCUT2D eigenvalue weighted by Crippen LogP contribution is 2.24. The van der Waals surface area contributed by atoms with E-state index in [-0.39, 0.29) is 18.4 Å². The van der Waals surface area contributed by atoms with Crippen molar-refractivity contribution in [1.29, 1.82) is 0 Å². The minimum Gasteiger partial charge on any atom is -0.482 e. The fourth-order valence-electron chi connectivity index (χ4n) is 2.67. The van der Waals surface area contributed by atoms with Crippen LogP contribution in [0.15, 0.2) is 42.5 Å². The zero-order valence-electron chi connectivity index (χ0n) is 15.0. The zero-order valence-corrected chi connectivity index (χ0v) is 15.0. The Hall–Kier alpha value is -2.96. The first-order valence-corrected chi connectivity index (χ1v) is 8.45. The molecule has 2 rings (SSSR count). The van der Waals surface area contributed by atoms with Crippen LogP contribution in [-0.4, -0.2) is 23.6 Å². The molecule has 0 saturated heterocycles. The molecule has 2 N–H and O–H groups in total. The van der Waals surface area contributed by atoms with E-state index in [0.717, 1.165) is 11.6 Å². The number of hydrogen-bond donors (Lipinski definition) is 2. The van der Waals surface area contributed by atoms with Crippen LogP contribution in [-0.2, 0) is 9.59 Å². The number of nitrogens with one attached hydrogen (secondary N) is 1. The predicted molar refractivity (Wildman–Crippen MR) is 95.5 cm³/mol. The van der Waals surface area contributed by atoms with E-state index in [1.54, 1.807) is 38.1 Å². The second-order valence-electron chi connectivity index (χ2n) is 6.31. The number of ether oxygens (including phenoxy) is 1. The molecule has 0 aliphatic rings. The van der Waals surface area contributed by atoms with Crippen molar-refractivity contribution in [3.8, 4) is 5.75 Å². The van der Waals surface area contributed by atoms with Crippen LogP contribution < -0.4 is 10.1 Å². The summed E-state index contributed by atoms with van der Waals surface area (Å²) in [6.07, 6.45) is 0.0622. The zero-order chi connectivity index (χ0) is 20.0. The lowest BCUT2D eigenvalue weighted by atomic mass is 9.96. The van der Waals surface area contributed by atoms with Crippen LogP contribution in [0, 0.1) is 11.6 Å². The number of benzene rings is 2. The van der Waals surface area contributed by atoms with Gasteiger partial charge in [0.1, 0.15) is 17.4 Å². The van der Waals surface area contributed by atoms with Crippen molar-refractivity contribution >= 4 is 11.9 Å². The van der Waals surface area contributed by atoms with E-state index < -0.39 is 30.1 Å². The topological polar surface area (TPSA) is 75.6 Å². The van der Waals surface area contributed by atoms with Crippen LogP contribution in [0.4, 0.5) is 8.78 Å². The minimum absolute atomic E-state index is 0.0622. The SMILES string of the molecule is CC(CC(=O)NC(C)c1ccc(OCC(=O)O)cc1)c1ccc(F)cc1F. The summed E-state index contributed by atoms with van der Waals surface area (Å²) in [5.74, 6) is -2.63. The minimum atomic E-state index is -1.06. The van der Waals surface area contributed by atoms with Gasteiger partial charge in [-0.05, 0) is 42.2 Å². The third kappa shape index (κ3) is 6.06. The molecule has 0 saturated carbocycles. The second-order valence-corrected chi connectivity index (χ2v) is 6.31. The normalized spacial score (nSPS) is 12.9. The monoisotopic (exact) mass is 377 g/mol. The van der Waals surface area contributed by atoms with Gasteiger partial charge in [-0.3, -0.25) is 4.79 Å². The van der Waals surface area contributed by atoms with E-state index in [1.807, 2.05) is 0 Å². The molecular formula is C20H21F2NO4. The average molecular weight is 377 g/mol. The molecular weight excluding hydrogens is 356 g/mol. The lowest BCUT2D eigenvalue weighted by Gasteiger charge is -2.17. The molecule has 27 heavy (non-hydrogen) atoms. The Kier molecular flexibility index (Phi) is 6.87. The van der Waals surface area contributed by atoms with Crippen LogP contribution in [0.25, 0.3) is 0 Å². The first kappa shape index (κ1) is 20.4. The standard InChI is InChI=1S/C20H21F2NO4/c1-12(17-8-5-15(21)10-18(17)22)9-19(24)23-13(2)14-3-6-16(7-4-14)27-11-20(25)26/h3-8,10,12-13H,9,11H2,1-2H3,(H,23,24)(H,25,26). The van der Waals surface area contributed by atoms with Gasteiger partial charge in [-0.25, -0.2) is 13.6 Å². The van der Waals surface area contributed by atoms with E-state index in [1.165, 1.54) is 12.1 Å². The summed E-state index contributed by atoms with van der Waals surface area (Å²) in [6.45, 7) is 3.08. The average Bonchev–Trinajstić information content (AvgIpc) is 2.60. The maximum Gasteiger partial charge on any atom is 0.341 e. The van der Waals surface area contributed by atoms with Crippen LogP contribution in [0.2, 0.25) is 0 Å². The van der Waals surface area contributed by atoms with E-state index >= 15 is 0 Å². The molecule has 7 heteroatoms. The van der Waals surface area contributed by atoms with Gasteiger partial charge in [0, 0.05) is 12.5 Å². The van der Waals surface area contributed by atoms with Gasteiger partial charge in [-0.1, -0.05) is 25.1 Å². The fourth-order valence-corrected chi connectivity index (χ4v) is 2.67. The van der Waals surface area contributed by atoms with E-state index in [2.05, 4.69) is 5.32 Å². The number of rotatable bonds is 8. The summed E-state index contributed by atoms with van der Waals surface area (Å²) >= 11 is 0. The Balaban J connectivity index is 1.91. The second kappa shape index (κ2) is 9.12. The molecule has 2 atom stereocenters. The Morgan fingerprint density at radius 1 is 1.11 bits per heavy atom. The molecule has 144 valence electrons. The van der Waals surface area contributed by atoms with E-state index in [0.29, 0.717) is 11.3 Å². The summed E-state index contributed by atoms with van der Waals surface area (Å²) in [4.78, 5) is 22.7. The van der Waals surface area contributed by atoms with Crippen molar-refractivity contribution in [2.75, 3.05) is 6.61 Å². The van der Waals surface area contributed by atoms with Crippen molar-refractivity contribution < 1.29 is 28.2 Å². The van der Waals surface area contributed by atoms with Crippen LogP contribution in [0.5, 0.6) is 5.75 Å². The summed E-state index contributed by atoms with van der Waals surface area (Å²) in [7, 11) is 0. The number of hydrogen-bond acceptors (Lipinski definition) is 3. The molecule has 1 amide bonds. The largest absolute Gasteiger partial charge is 0.482 e. The number of carbonyl (C=O) groups excluding carboxylic acids is 1. The van der Waals surface area contributed by atoms with Crippen molar-refractivity contribution in [2.45, 2.75) is 32.2 Å². The molecule has 2 aromatic rings. The Labute approximate surface area is 156 Å². The lowest BCUT2D eigenvalue weighted by molar-refractivity contribution is -0.139. The summed E-state index contributed by atoms with van der Waals surface area (Å²) in [5, 5.41) is 11.4. The van der Waals surface area contributed by atoms with Gasteiger partial charge >= 0.3 is 5.97 Å². The number of carboxylic acid groups (broad SMARTS) is 1. The molecule has 0 radical (unpaired) electrons. The molecule has 0 spiro atoms. The molecule has 0 aromatic heterocycles. The Morgan fingerprint density at radius 3 is 2.37 bits per heavy atom. The van der Waals surface area contributed by atoms with Crippen molar-refractivity contribution in [3.63, 3.8) is 0 Å². The Morgan fingerprint density at radius 2 is 1.78 bits per heavy atom. The fraction of sp³-hybridized carbons (Fsp3) is 0.300. The van der Waals surface area contributed by atoms with Gasteiger partial charge in [0.05, 0.1) is 6.04 Å². The van der Waals surface area contributed by atoms with Crippen molar-refractivity contribution in [2.24, 2.45) is 0 Å². The van der Waals surface area contributed by atoms with Crippen LogP contribution >= 0.6 is 0 Å². The van der Waals surface area contributed by atoms with Crippen LogP contribution in [0.1, 0.15) is 43.4 Å². The molecule has 0 fully saturated rings. The number of carboxylic acids is 1.